The molecule has 12 rings (SSSR count). The van der Waals surface area contributed by atoms with Crippen molar-refractivity contribution in [2.45, 2.75) is 0 Å². The summed E-state index contributed by atoms with van der Waals surface area (Å²) < 4.78 is 14.2. The van der Waals surface area contributed by atoms with E-state index in [1.165, 1.54) is 32.3 Å². The molecule has 0 aliphatic heterocycles. The van der Waals surface area contributed by atoms with Crippen molar-refractivity contribution in [2.75, 3.05) is 0 Å². The SMILES string of the molecule is c1ccc2c(c1)c1ccccc1n2-c1cc2c(oc3nccnc32)c(-n2c3ccccc3c3ccccc32)c1-n1c2ccccc2c2ccccc21. The summed E-state index contributed by atoms with van der Waals surface area (Å²) in [6.07, 6.45) is 3.45. The van der Waals surface area contributed by atoms with Gasteiger partial charge in [-0.25, -0.2) is 9.97 Å². The van der Waals surface area contributed by atoms with Crippen molar-refractivity contribution in [3.8, 4) is 17.1 Å². The first-order chi connectivity index (χ1) is 25.8. The van der Waals surface area contributed by atoms with Gasteiger partial charge >= 0.3 is 0 Å². The predicted molar refractivity (Wildman–Crippen MR) is 212 cm³/mol. The maximum absolute atomic E-state index is 6.90. The fraction of sp³-hybridized carbons (Fsp3) is 0. The van der Waals surface area contributed by atoms with Gasteiger partial charge in [-0.05, 0) is 42.5 Å². The molecular formula is C46H27N5O. The van der Waals surface area contributed by atoms with Gasteiger partial charge in [-0.1, -0.05) is 109 Å². The van der Waals surface area contributed by atoms with Crippen molar-refractivity contribution in [2.24, 2.45) is 0 Å². The highest BCUT2D eigenvalue weighted by molar-refractivity contribution is 6.17. The van der Waals surface area contributed by atoms with E-state index in [1.807, 2.05) is 0 Å². The first kappa shape index (κ1) is 27.6. The number of nitrogens with zero attached hydrogens (tertiary/aromatic N) is 5. The monoisotopic (exact) mass is 665 g/mol. The van der Waals surface area contributed by atoms with Crippen LogP contribution in [0.4, 0.5) is 0 Å². The van der Waals surface area contributed by atoms with Crippen LogP contribution in [0, 0.1) is 0 Å². The van der Waals surface area contributed by atoms with E-state index >= 15 is 0 Å². The molecule has 0 saturated carbocycles. The first-order valence-electron chi connectivity index (χ1n) is 17.5. The van der Waals surface area contributed by atoms with Gasteiger partial charge in [0.15, 0.2) is 5.58 Å². The van der Waals surface area contributed by atoms with E-state index in [0.717, 1.165) is 66.6 Å². The molecule has 0 amide bonds. The van der Waals surface area contributed by atoms with E-state index in [-0.39, 0.29) is 0 Å². The fourth-order valence-corrected chi connectivity index (χ4v) is 8.69. The summed E-state index contributed by atoms with van der Waals surface area (Å²) in [7, 11) is 0. The van der Waals surface area contributed by atoms with Gasteiger partial charge in [0.25, 0.3) is 0 Å². The van der Waals surface area contributed by atoms with Crippen LogP contribution >= 0.6 is 0 Å². The highest BCUT2D eigenvalue weighted by Crippen LogP contribution is 2.47. The second-order valence-electron chi connectivity index (χ2n) is 13.4. The van der Waals surface area contributed by atoms with Crippen molar-refractivity contribution in [3.63, 3.8) is 0 Å². The van der Waals surface area contributed by atoms with Gasteiger partial charge in [0.2, 0.25) is 5.71 Å². The van der Waals surface area contributed by atoms with Gasteiger partial charge in [0, 0.05) is 44.7 Å². The van der Waals surface area contributed by atoms with Gasteiger partial charge in [-0.2, -0.15) is 0 Å². The summed E-state index contributed by atoms with van der Waals surface area (Å²) in [6, 6.07) is 54.4. The largest absolute Gasteiger partial charge is 0.434 e. The van der Waals surface area contributed by atoms with Crippen molar-refractivity contribution in [1.82, 2.24) is 23.7 Å². The lowest BCUT2D eigenvalue weighted by atomic mass is 10.1. The van der Waals surface area contributed by atoms with E-state index in [9.17, 15) is 0 Å². The minimum Gasteiger partial charge on any atom is -0.434 e. The molecule has 6 nitrogen and oxygen atoms in total. The highest BCUT2D eigenvalue weighted by atomic mass is 16.3. The standard InChI is InChI=1S/C46H27N5O/c1-7-19-35-28(13-1)29-14-2-8-20-36(29)49(35)41-27-34-42-46(48-26-25-47-42)52-45(34)44(51-39-23-11-5-17-32(39)33-18-6-12-24-40(33)51)43(41)50-37-21-9-3-15-30(37)31-16-4-10-22-38(31)50/h1-27H. The maximum atomic E-state index is 6.90. The molecule has 0 radical (unpaired) electrons. The van der Waals surface area contributed by atoms with Crippen LogP contribution in [0.5, 0.6) is 0 Å². The van der Waals surface area contributed by atoms with E-state index in [2.05, 4.69) is 165 Å². The Labute approximate surface area is 296 Å². The highest BCUT2D eigenvalue weighted by Gasteiger charge is 2.29. The average molecular weight is 666 g/mol. The van der Waals surface area contributed by atoms with Gasteiger partial charge in [0.1, 0.15) is 11.2 Å². The maximum Gasteiger partial charge on any atom is 0.246 e. The van der Waals surface area contributed by atoms with Crippen LogP contribution in [0.25, 0.3) is 105 Å². The number of para-hydroxylation sites is 6. The quantitative estimate of drug-likeness (QED) is 0.189. The lowest BCUT2D eigenvalue weighted by Gasteiger charge is -2.22. The summed E-state index contributed by atoms with van der Waals surface area (Å²) in [5.41, 5.74) is 11.6. The lowest BCUT2D eigenvalue weighted by Crippen LogP contribution is -2.09. The van der Waals surface area contributed by atoms with Crippen molar-refractivity contribution in [3.05, 3.63) is 164 Å². The molecule has 5 heterocycles. The number of rotatable bonds is 3. The number of furan rings is 1. The number of hydrogen-bond acceptors (Lipinski definition) is 3. The predicted octanol–water partition coefficient (Wildman–Crippen LogP) is 11.7. The van der Waals surface area contributed by atoms with Crippen LogP contribution in [0.3, 0.4) is 0 Å². The third kappa shape index (κ3) is 3.52. The number of benzene rings is 7. The Hall–Kier alpha value is -7.18. The molecular weight excluding hydrogens is 639 g/mol. The molecule has 6 heteroatoms. The third-order valence-corrected chi connectivity index (χ3v) is 10.8. The normalized spacial score (nSPS) is 12.2. The number of fused-ring (bicyclic) bond motifs is 12. The molecule has 0 spiro atoms. The number of aromatic nitrogens is 5. The lowest BCUT2D eigenvalue weighted by molar-refractivity contribution is 0.650. The van der Waals surface area contributed by atoms with E-state index < -0.39 is 0 Å². The van der Waals surface area contributed by atoms with Crippen LogP contribution in [0.15, 0.2) is 168 Å². The van der Waals surface area contributed by atoms with Gasteiger partial charge in [-0.15, -0.1) is 0 Å². The first-order valence-corrected chi connectivity index (χ1v) is 17.5. The smallest absolute Gasteiger partial charge is 0.246 e. The molecule has 0 atom stereocenters. The summed E-state index contributed by atoms with van der Waals surface area (Å²) >= 11 is 0. The summed E-state index contributed by atoms with van der Waals surface area (Å²) in [6.45, 7) is 0. The van der Waals surface area contributed by atoms with E-state index in [1.54, 1.807) is 12.4 Å². The molecule has 0 bridgehead atoms. The average Bonchev–Trinajstić information content (AvgIpc) is 3.94. The Kier molecular flexibility index (Phi) is 5.41. The van der Waals surface area contributed by atoms with Crippen molar-refractivity contribution >= 4 is 87.6 Å². The molecule has 0 aliphatic carbocycles. The summed E-state index contributed by atoms with van der Waals surface area (Å²) in [4.78, 5) is 9.57. The van der Waals surface area contributed by atoms with Crippen molar-refractivity contribution < 1.29 is 4.42 Å². The molecule has 242 valence electrons. The fourth-order valence-electron chi connectivity index (χ4n) is 8.69. The minimum atomic E-state index is 0.507. The Balaban J connectivity index is 1.42. The Morgan fingerprint density at radius 3 is 1.17 bits per heavy atom. The van der Waals surface area contributed by atoms with Crippen LogP contribution in [0.2, 0.25) is 0 Å². The second-order valence-corrected chi connectivity index (χ2v) is 13.4. The van der Waals surface area contributed by atoms with Gasteiger partial charge in [0.05, 0.1) is 49.9 Å². The van der Waals surface area contributed by atoms with Crippen molar-refractivity contribution in [1.29, 1.82) is 0 Å². The molecule has 0 aliphatic rings. The van der Waals surface area contributed by atoms with Crippen LogP contribution in [-0.4, -0.2) is 23.7 Å². The summed E-state index contributed by atoms with van der Waals surface area (Å²) in [5.74, 6) is 0. The topological polar surface area (TPSA) is 53.7 Å². The molecule has 0 unspecified atom stereocenters. The molecule has 52 heavy (non-hydrogen) atoms. The molecule has 5 aromatic heterocycles. The molecule has 0 N–H and O–H groups in total. The Morgan fingerprint density at radius 1 is 0.365 bits per heavy atom. The number of hydrogen-bond donors (Lipinski definition) is 0. The van der Waals surface area contributed by atoms with Crippen LogP contribution < -0.4 is 0 Å². The van der Waals surface area contributed by atoms with Crippen LogP contribution in [0.1, 0.15) is 0 Å². The Bertz CT molecular complexity index is 3270. The van der Waals surface area contributed by atoms with E-state index in [4.69, 9.17) is 14.4 Å². The second kappa shape index (κ2) is 10.2. The zero-order valence-corrected chi connectivity index (χ0v) is 27.7. The zero-order valence-electron chi connectivity index (χ0n) is 27.7. The zero-order chi connectivity index (χ0) is 33.9. The van der Waals surface area contributed by atoms with E-state index in [0.29, 0.717) is 5.71 Å². The summed E-state index contributed by atoms with van der Waals surface area (Å²) in [5, 5.41) is 8.02. The molecule has 7 aromatic carbocycles. The molecule has 12 aromatic rings. The minimum absolute atomic E-state index is 0.507. The van der Waals surface area contributed by atoms with Crippen LogP contribution in [-0.2, 0) is 0 Å². The Morgan fingerprint density at radius 2 is 0.731 bits per heavy atom. The van der Waals surface area contributed by atoms with Gasteiger partial charge < -0.3 is 18.1 Å². The molecule has 0 fully saturated rings. The third-order valence-electron chi connectivity index (χ3n) is 10.8. The van der Waals surface area contributed by atoms with Gasteiger partial charge in [-0.3, -0.25) is 0 Å². The molecule has 0 saturated heterocycles.